The van der Waals surface area contributed by atoms with Crippen LogP contribution in [0.5, 0.6) is 0 Å². The summed E-state index contributed by atoms with van der Waals surface area (Å²) in [6.45, 7) is 4.71. The molecule has 2 amide bonds. The van der Waals surface area contributed by atoms with Crippen molar-refractivity contribution in [3.63, 3.8) is 0 Å². The van der Waals surface area contributed by atoms with Gasteiger partial charge in [-0.3, -0.25) is 0 Å². The molecular weight excluding hydrogens is 248 g/mol. The molecule has 1 saturated carbocycles. The molecule has 2 N–H and O–H groups in total. The summed E-state index contributed by atoms with van der Waals surface area (Å²) in [7, 11) is 1.59. The molecule has 0 heterocycles. The van der Waals surface area contributed by atoms with Crippen LogP contribution in [-0.4, -0.2) is 54.4 Å². The van der Waals surface area contributed by atoms with Gasteiger partial charge in [-0.25, -0.2) is 9.59 Å². The number of methoxy groups -OCH3 is 1. The van der Waals surface area contributed by atoms with E-state index in [-0.39, 0.29) is 18.0 Å². The lowest BCUT2D eigenvalue weighted by Crippen LogP contribution is -2.51. The Labute approximate surface area is 114 Å². The number of aliphatic carboxylic acids is 1. The summed E-state index contributed by atoms with van der Waals surface area (Å²) in [4.78, 5) is 25.0. The fourth-order valence-electron chi connectivity index (χ4n) is 1.92. The summed E-state index contributed by atoms with van der Waals surface area (Å²) in [5, 5.41) is 11.8. The van der Waals surface area contributed by atoms with Gasteiger partial charge in [0.2, 0.25) is 0 Å². The van der Waals surface area contributed by atoms with Crippen LogP contribution >= 0.6 is 0 Å². The number of nitrogens with zero attached hydrogens (tertiary/aromatic N) is 1. The van der Waals surface area contributed by atoms with Crippen molar-refractivity contribution in [1.82, 2.24) is 10.2 Å². The Bertz CT molecular complexity index is 318. The number of urea groups is 1. The minimum absolute atomic E-state index is 0.0927. The van der Waals surface area contributed by atoms with E-state index in [0.29, 0.717) is 19.6 Å². The van der Waals surface area contributed by atoms with Gasteiger partial charge in [0.15, 0.2) is 0 Å². The summed E-state index contributed by atoms with van der Waals surface area (Å²) in [6.07, 6.45) is 2.68. The summed E-state index contributed by atoms with van der Waals surface area (Å²) in [6, 6.07) is -0.893. The Morgan fingerprint density at radius 1 is 1.47 bits per heavy atom. The Hall–Kier alpha value is -1.30. The van der Waals surface area contributed by atoms with Crippen molar-refractivity contribution in [2.24, 2.45) is 5.92 Å². The molecular formula is C13H24N2O4. The largest absolute Gasteiger partial charge is 0.480 e. The highest BCUT2D eigenvalue weighted by Gasteiger charge is 2.35. The Kier molecular flexibility index (Phi) is 6.08. The van der Waals surface area contributed by atoms with Crippen LogP contribution < -0.4 is 5.32 Å². The Morgan fingerprint density at radius 2 is 2.11 bits per heavy atom. The second-order valence-electron chi connectivity index (χ2n) is 5.07. The van der Waals surface area contributed by atoms with Crippen molar-refractivity contribution in [1.29, 1.82) is 0 Å². The predicted octanol–water partition coefficient (Wildman–Crippen LogP) is 1.31. The van der Waals surface area contributed by atoms with Gasteiger partial charge in [-0.1, -0.05) is 20.3 Å². The van der Waals surface area contributed by atoms with E-state index >= 15 is 0 Å². The van der Waals surface area contributed by atoms with Crippen molar-refractivity contribution in [3.8, 4) is 0 Å². The first kappa shape index (κ1) is 15.8. The lowest BCUT2D eigenvalue weighted by Gasteiger charge is -2.27. The summed E-state index contributed by atoms with van der Waals surface area (Å²) < 4.78 is 4.98. The van der Waals surface area contributed by atoms with E-state index in [0.717, 1.165) is 12.8 Å². The highest BCUT2D eigenvalue weighted by Crippen LogP contribution is 2.26. The number of rotatable bonds is 8. The number of nitrogens with one attached hydrogen (secondary N) is 1. The zero-order chi connectivity index (χ0) is 14.4. The van der Waals surface area contributed by atoms with Gasteiger partial charge >= 0.3 is 12.0 Å². The van der Waals surface area contributed by atoms with Crippen LogP contribution in [0.1, 0.15) is 33.1 Å². The van der Waals surface area contributed by atoms with Crippen LogP contribution in [-0.2, 0) is 9.53 Å². The summed E-state index contributed by atoms with van der Waals surface area (Å²) >= 11 is 0. The first-order valence-corrected chi connectivity index (χ1v) is 6.80. The number of carbonyl (C=O) groups excluding carboxylic acids is 1. The van der Waals surface area contributed by atoms with E-state index in [9.17, 15) is 14.7 Å². The van der Waals surface area contributed by atoms with Crippen LogP contribution in [0.15, 0.2) is 0 Å². The Balaban J connectivity index is 2.60. The van der Waals surface area contributed by atoms with Crippen LogP contribution in [0, 0.1) is 5.92 Å². The van der Waals surface area contributed by atoms with Gasteiger partial charge in [0.1, 0.15) is 6.04 Å². The number of amides is 2. The van der Waals surface area contributed by atoms with Gasteiger partial charge in [-0.05, 0) is 18.8 Å². The van der Waals surface area contributed by atoms with E-state index in [1.54, 1.807) is 12.0 Å². The van der Waals surface area contributed by atoms with E-state index < -0.39 is 12.0 Å². The normalized spacial score (nSPS) is 17.6. The minimum Gasteiger partial charge on any atom is -0.480 e. The maximum atomic E-state index is 12.2. The SMILES string of the molecule is CCC(C)[C@H](NC(=O)N(CCOC)C1CC1)C(=O)O. The van der Waals surface area contributed by atoms with Crippen LogP contribution in [0.3, 0.4) is 0 Å². The van der Waals surface area contributed by atoms with Crippen LogP contribution in [0.25, 0.3) is 0 Å². The molecule has 110 valence electrons. The molecule has 1 fully saturated rings. The van der Waals surface area contributed by atoms with Crippen molar-refractivity contribution in [2.75, 3.05) is 20.3 Å². The zero-order valence-corrected chi connectivity index (χ0v) is 11.9. The second kappa shape index (κ2) is 7.33. The summed E-state index contributed by atoms with van der Waals surface area (Å²) in [5.74, 6) is -1.07. The highest BCUT2D eigenvalue weighted by molar-refractivity contribution is 5.83. The lowest BCUT2D eigenvalue weighted by molar-refractivity contribution is -0.140. The fourth-order valence-corrected chi connectivity index (χ4v) is 1.92. The number of carbonyl (C=O) groups is 2. The molecule has 1 unspecified atom stereocenters. The molecule has 0 saturated heterocycles. The second-order valence-corrected chi connectivity index (χ2v) is 5.07. The van der Waals surface area contributed by atoms with E-state index in [1.165, 1.54) is 0 Å². The van der Waals surface area contributed by atoms with Gasteiger partial charge in [0, 0.05) is 19.7 Å². The Morgan fingerprint density at radius 3 is 2.53 bits per heavy atom. The third kappa shape index (κ3) is 4.70. The van der Waals surface area contributed by atoms with Gasteiger partial charge < -0.3 is 20.1 Å². The maximum Gasteiger partial charge on any atom is 0.326 e. The molecule has 0 spiro atoms. The monoisotopic (exact) mass is 272 g/mol. The molecule has 0 aliphatic heterocycles. The topological polar surface area (TPSA) is 78.9 Å². The van der Waals surface area contributed by atoms with Crippen LogP contribution in [0.2, 0.25) is 0 Å². The average Bonchev–Trinajstić information content (AvgIpc) is 3.19. The van der Waals surface area contributed by atoms with Crippen molar-refractivity contribution >= 4 is 12.0 Å². The molecule has 0 aromatic rings. The minimum atomic E-state index is -0.981. The fraction of sp³-hybridized carbons (Fsp3) is 0.846. The van der Waals surface area contributed by atoms with Gasteiger partial charge in [0.25, 0.3) is 0 Å². The standard InChI is InChI=1S/C13H24N2O4/c1-4-9(2)11(12(16)17)14-13(18)15(7-8-19-3)10-5-6-10/h9-11H,4-8H2,1-3H3,(H,14,18)(H,16,17)/t9?,11-/m0/s1. The van der Waals surface area contributed by atoms with E-state index in [1.807, 2.05) is 13.8 Å². The van der Waals surface area contributed by atoms with E-state index in [2.05, 4.69) is 5.32 Å². The first-order valence-electron chi connectivity index (χ1n) is 6.80. The molecule has 0 radical (unpaired) electrons. The van der Waals surface area contributed by atoms with Gasteiger partial charge in [-0.2, -0.15) is 0 Å². The molecule has 1 aliphatic carbocycles. The van der Waals surface area contributed by atoms with Crippen LogP contribution in [0.4, 0.5) is 4.79 Å². The maximum absolute atomic E-state index is 12.2. The molecule has 2 atom stereocenters. The summed E-state index contributed by atoms with van der Waals surface area (Å²) in [5.41, 5.74) is 0. The molecule has 0 bridgehead atoms. The number of hydrogen-bond acceptors (Lipinski definition) is 3. The average molecular weight is 272 g/mol. The molecule has 6 heteroatoms. The molecule has 6 nitrogen and oxygen atoms in total. The third-order valence-electron chi connectivity index (χ3n) is 3.54. The molecule has 1 aliphatic rings. The first-order chi connectivity index (χ1) is 9.01. The third-order valence-corrected chi connectivity index (χ3v) is 3.54. The molecule has 0 aromatic carbocycles. The molecule has 19 heavy (non-hydrogen) atoms. The van der Waals surface area contributed by atoms with Crippen molar-refractivity contribution in [3.05, 3.63) is 0 Å². The van der Waals surface area contributed by atoms with Crippen molar-refractivity contribution in [2.45, 2.75) is 45.2 Å². The number of hydrogen-bond donors (Lipinski definition) is 2. The number of carboxylic acids is 1. The smallest absolute Gasteiger partial charge is 0.326 e. The predicted molar refractivity (Wildman–Crippen MR) is 71.0 cm³/mol. The lowest BCUT2D eigenvalue weighted by atomic mass is 9.99. The highest BCUT2D eigenvalue weighted by atomic mass is 16.5. The zero-order valence-electron chi connectivity index (χ0n) is 11.9. The van der Waals surface area contributed by atoms with Crippen molar-refractivity contribution < 1.29 is 19.4 Å². The quantitative estimate of drug-likeness (QED) is 0.698. The number of carboxylic acid groups (broad SMARTS) is 1. The molecule has 0 aromatic heterocycles. The van der Waals surface area contributed by atoms with E-state index in [4.69, 9.17) is 4.74 Å². The van der Waals surface area contributed by atoms with Gasteiger partial charge in [0.05, 0.1) is 6.61 Å². The molecule has 1 rings (SSSR count). The number of ether oxygens (including phenoxy) is 1. The van der Waals surface area contributed by atoms with Gasteiger partial charge in [-0.15, -0.1) is 0 Å².